The maximum Gasteiger partial charge on any atom is 0.413 e. The van der Waals surface area contributed by atoms with Crippen molar-refractivity contribution < 1.29 is 19.4 Å². The Hall–Kier alpha value is -1.59. The largest absolute Gasteiger partial charge is 0.444 e. The zero-order chi connectivity index (χ0) is 25.2. The third-order valence-corrected chi connectivity index (χ3v) is 6.59. The molecule has 0 saturated carbocycles. The highest BCUT2D eigenvalue weighted by Gasteiger charge is 2.48. The van der Waals surface area contributed by atoms with Crippen molar-refractivity contribution in [1.29, 1.82) is 0 Å². The molecule has 1 amide bonds. The second-order valence-electron chi connectivity index (χ2n) is 11.3. The van der Waals surface area contributed by atoms with Gasteiger partial charge >= 0.3 is 6.09 Å². The van der Waals surface area contributed by atoms with Crippen LogP contribution in [0.15, 0.2) is 24.3 Å². The van der Waals surface area contributed by atoms with E-state index in [9.17, 15) is 9.90 Å². The second kappa shape index (κ2) is 13.5. The van der Waals surface area contributed by atoms with E-state index >= 15 is 0 Å². The topological polar surface area (TPSA) is 59.0 Å². The minimum Gasteiger partial charge on any atom is -0.444 e. The molecule has 34 heavy (non-hydrogen) atoms. The molecule has 1 aliphatic rings. The van der Waals surface area contributed by atoms with Gasteiger partial charge in [0.1, 0.15) is 17.4 Å². The number of unbranched alkanes of at least 4 members (excludes halogenated alkanes) is 9. The maximum absolute atomic E-state index is 12.9. The number of aryl methyl sites for hydroxylation is 1. The summed E-state index contributed by atoms with van der Waals surface area (Å²) in [5.41, 5.74) is 0.615. The average molecular weight is 476 g/mol. The minimum atomic E-state index is -0.832. The molecule has 5 heteroatoms. The van der Waals surface area contributed by atoms with Gasteiger partial charge in [-0.15, -0.1) is 0 Å². The summed E-state index contributed by atoms with van der Waals surface area (Å²) in [5, 5.41) is 11.2. The first-order chi connectivity index (χ1) is 16.0. The molecular weight excluding hydrogens is 426 g/mol. The van der Waals surface area contributed by atoms with Crippen molar-refractivity contribution in [2.45, 2.75) is 136 Å². The van der Waals surface area contributed by atoms with Crippen molar-refractivity contribution in [3.8, 4) is 0 Å². The molecule has 0 spiro atoms. The fraction of sp³-hybridized carbons (Fsp3) is 0.759. The number of amides is 1. The van der Waals surface area contributed by atoms with Gasteiger partial charge in [0.15, 0.2) is 0 Å². The van der Waals surface area contributed by atoms with Crippen LogP contribution in [-0.4, -0.2) is 40.1 Å². The monoisotopic (exact) mass is 475 g/mol. The summed E-state index contributed by atoms with van der Waals surface area (Å²) in [7, 11) is 0. The molecular formula is C29H49NO4. The molecule has 2 rings (SSSR count). The number of hydrogen-bond donors (Lipinski definition) is 1. The maximum atomic E-state index is 12.9. The lowest BCUT2D eigenvalue weighted by molar-refractivity contribution is -0.0679. The molecule has 194 valence electrons. The van der Waals surface area contributed by atoms with Crippen LogP contribution in [0, 0.1) is 0 Å². The van der Waals surface area contributed by atoms with Crippen molar-refractivity contribution in [1.82, 2.24) is 4.90 Å². The van der Waals surface area contributed by atoms with E-state index in [4.69, 9.17) is 9.47 Å². The molecule has 1 aromatic rings. The van der Waals surface area contributed by atoms with Gasteiger partial charge in [0, 0.05) is 0 Å². The van der Waals surface area contributed by atoms with Gasteiger partial charge in [0.25, 0.3) is 0 Å². The zero-order valence-corrected chi connectivity index (χ0v) is 22.6. The van der Waals surface area contributed by atoms with Crippen LogP contribution in [0.2, 0.25) is 0 Å². The lowest BCUT2D eigenvalue weighted by Gasteiger charge is -2.36. The lowest BCUT2D eigenvalue weighted by Crippen LogP contribution is -2.51. The third kappa shape index (κ3) is 9.22. The molecule has 1 aliphatic heterocycles. The van der Waals surface area contributed by atoms with Crippen molar-refractivity contribution >= 4 is 6.09 Å². The van der Waals surface area contributed by atoms with Gasteiger partial charge in [-0.2, -0.15) is 0 Å². The van der Waals surface area contributed by atoms with Crippen LogP contribution in [0.1, 0.15) is 123 Å². The molecule has 0 bridgehead atoms. The normalized spacial score (nSPS) is 18.8. The van der Waals surface area contributed by atoms with Gasteiger partial charge in [-0.3, -0.25) is 4.90 Å². The van der Waals surface area contributed by atoms with E-state index in [1.165, 1.54) is 69.8 Å². The number of rotatable bonds is 13. The number of benzene rings is 1. The van der Waals surface area contributed by atoms with Crippen LogP contribution in [0.25, 0.3) is 0 Å². The summed E-state index contributed by atoms with van der Waals surface area (Å²) >= 11 is 0. The zero-order valence-electron chi connectivity index (χ0n) is 22.6. The number of ether oxygens (including phenoxy) is 2. The van der Waals surface area contributed by atoms with Crippen LogP contribution in [0.3, 0.4) is 0 Å². The van der Waals surface area contributed by atoms with Crippen molar-refractivity contribution in [2.75, 3.05) is 6.61 Å². The minimum absolute atomic E-state index is 0.274. The Bertz CT molecular complexity index is 740. The van der Waals surface area contributed by atoms with E-state index in [0.29, 0.717) is 0 Å². The molecule has 1 saturated heterocycles. The molecule has 1 fully saturated rings. The highest BCUT2D eigenvalue weighted by molar-refractivity contribution is 5.70. The summed E-state index contributed by atoms with van der Waals surface area (Å²) in [5.74, 6) is 0. The van der Waals surface area contributed by atoms with Gasteiger partial charge in [0.2, 0.25) is 0 Å². The van der Waals surface area contributed by atoms with E-state index < -0.39 is 29.6 Å². The van der Waals surface area contributed by atoms with Crippen molar-refractivity contribution in [2.24, 2.45) is 0 Å². The first-order valence-electron chi connectivity index (χ1n) is 13.5. The fourth-order valence-electron chi connectivity index (χ4n) is 4.70. The molecule has 1 aromatic carbocycles. The van der Waals surface area contributed by atoms with Crippen LogP contribution >= 0.6 is 0 Å². The third-order valence-electron chi connectivity index (χ3n) is 6.59. The SMILES string of the molecule is CCCCCCCCCCCCc1cccc([C@H](O)[C@@H]2COC(C)(C)N2C(=O)OC(C)(C)C)c1. The first kappa shape index (κ1) is 28.6. The van der Waals surface area contributed by atoms with E-state index in [1.807, 2.05) is 46.8 Å². The van der Waals surface area contributed by atoms with Crippen LogP contribution < -0.4 is 0 Å². The lowest BCUT2D eigenvalue weighted by atomic mass is 9.97. The molecule has 2 atom stereocenters. The van der Waals surface area contributed by atoms with Crippen LogP contribution in [0.4, 0.5) is 4.79 Å². The summed E-state index contributed by atoms with van der Waals surface area (Å²) in [6.45, 7) is 11.7. The number of carbonyl (C=O) groups excluding carboxylic acids is 1. The fourth-order valence-corrected chi connectivity index (χ4v) is 4.70. The van der Waals surface area contributed by atoms with Gasteiger partial charge in [-0.05, 0) is 58.6 Å². The van der Waals surface area contributed by atoms with Crippen LogP contribution in [0.5, 0.6) is 0 Å². The first-order valence-corrected chi connectivity index (χ1v) is 13.5. The Morgan fingerprint density at radius 1 is 1.09 bits per heavy atom. The molecule has 0 aliphatic carbocycles. The van der Waals surface area contributed by atoms with Crippen LogP contribution in [-0.2, 0) is 15.9 Å². The standard InChI is InChI=1S/C29H49NO4/c1-7-8-9-10-11-12-13-14-15-16-18-23-19-17-20-24(21-23)26(31)25-22-33-29(5,6)30(25)27(32)34-28(2,3)4/h17,19-21,25-26,31H,7-16,18,22H2,1-6H3/t25-,26-/m0/s1. The number of nitrogens with zero attached hydrogens (tertiary/aromatic N) is 1. The summed E-state index contributed by atoms with van der Waals surface area (Å²) in [6, 6.07) is 7.66. The van der Waals surface area contributed by atoms with E-state index in [-0.39, 0.29) is 6.61 Å². The van der Waals surface area contributed by atoms with E-state index in [1.54, 1.807) is 4.90 Å². The number of aliphatic hydroxyl groups excluding tert-OH is 1. The number of hydrogen-bond acceptors (Lipinski definition) is 4. The molecule has 0 radical (unpaired) electrons. The van der Waals surface area contributed by atoms with Gasteiger partial charge in [-0.1, -0.05) is 89.0 Å². The molecule has 0 aromatic heterocycles. The van der Waals surface area contributed by atoms with E-state index in [0.717, 1.165) is 12.0 Å². The Morgan fingerprint density at radius 3 is 2.26 bits per heavy atom. The van der Waals surface area contributed by atoms with Gasteiger partial charge in [-0.25, -0.2) is 4.79 Å². The molecule has 1 N–H and O–H groups in total. The van der Waals surface area contributed by atoms with Crippen molar-refractivity contribution in [3.05, 3.63) is 35.4 Å². The second-order valence-corrected chi connectivity index (χ2v) is 11.3. The quantitative estimate of drug-likeness (QED) is 0.299. The smallest absolute Gasteiger partial charge is 0.413 e. The predicted molar refractivity (Wildman–Crippen MR) is 139 cm³/mol. The highest BCUT2D eigenvalue weighted by Crippen LogP contribution is 2.35. The Labute approximate surface area is 208 Å². The Balaban J connectivity index is 1.86. The Kier molecular flexibility index (Phi) is 11.4. The summed E-state index contributed by atoms with van der Waals surface area (Å²) < 4.78 is 11.5. The van der Waals surface area contributed by atoms with Gasteiger partial charge in [0.05, 0.1) is 12.6 Å². The summed E-state index contributed by atoms with van der Waals surface area (Å²) in [6.07, 6.45) is 13.0. The number of aliphatic hydroxyl groups is 1. The highest BCUT2D eigenvalue weighted by atomic mass is 16.6. The molecule has 5 nitrogen and oxygen atoms in total. The Morgan fingerprint density at radius 2 is 1.68 bits per heavy atom. The summed E-state index contributed by atoms with van der Waals surface area (Å²) in [4.78, 5) is 14.5. The van der Waals surface area contributed by atoms with Crippen molar-refractivity contribution in [3.63, 3.8) is 0 Å². The molecule has 0 unspecified atom stereocenters. The average Bonchev–Trinajstić information content (AvgIpc) is 3.08. The number of carbonyl (C=O) groups is 1. The molecule has 1 heterocycles. The van der Waals surface area contributed by atoms with Gasteiger partial charge < -0.3 is 14.6 Å². The van der Waals surface area contributed by atoms with E-state index in [2.05, 4.69) is 19.1 Å². The predicted octanol–water partition coefficient (Wildman–Crippen LogP) is 7.56.